The third-order valence-corrected chi connectivity index (χ3v) is 2.72. The summed E-state index contributed by atoms with van der Waals surface area (Å²) >= 11 is 0. The van der Waals surface area contributed by atoms with Gasteiger partial charge in [0.2, 0.25) is 0 Å². The van der Waals surface area contributed by atoms with Gasteiger partial charge in [-0.25, -0.2) is 4.79 Å². The number of benzene rings is 1. The Morgan fingerprint density at radius 1 is 1.27 bits per heavy atom. The summed E-state index contributed by atoms with van der Waals surface area (Å²) < 4.78 is 42.3. The molecular weight excluding hydrogens is 301 g/mol. The number of anilines is 2. The topological polar surface area (TPSA) is 68.2 Å². The minimum absolute atomic E-state index is 0.107. The Labute approximate surface area is 123 Å². The Balaban J connectivity index is 2.08. The lowest BCUT2D eigenvalue weighted by atomic mass is 10.3. The van der Waals surface area contributed by atoms with E-state index >= 15 is 0 Å². The summed E-state index contributed by atoms with van der Waals surface area (Å²) in [5.41, 5.74) is 0.709. The van der Waals surface area contributed by atoms with E-state index in [9.17, 15) is 18.0 Å². The molecule has 6 nitrogen and oxygen atoms in total. The van der Waals surface area contributed by atoms with Gasteiger partial charge in [0, 0.05) is 18.8 Å². The quantitative estimate of drug-likeness (QED) is 0.913. The summed E-state index contributed by atoms with van der Waals surface area (Å²) in [5.74, 6) is -0.214. The van der Waals surface area contributed by atoms with Crippen LogP contribution in [0.25, 0.3) is 0 Å². The van der Waals surface area contributed by atoms with Crippen LogP contribution < -0.4 is 15.4 Å². The molecule has 0 atom stereocenters. The van der Waals surface area contributed by atoms with Crippen molar-refractivity contribution in [3.63, 3.8) is 0 Å². The minimum atomic E-state index is -4.84. The van der Waals surface area contributed by atoms with Crippen LogP contribution in [-0.2, 0) is 7.05 Å². The van der Waals surface area contributed by atoms with Gasteiger partial charge >= 0.3 is 12.4 Å². The predicted molar refractivity (Wildman–Crippen MR) is 73.7 cm³/mol. The summed E-state index contributed by atoms with van der Waals surface area (Å²) in [4.78, 5) is 11.8. The molecule has 2 aromatic rings. The number of aryl methyl sites for hydroxylation is 2. The zero-order valence-corrected chi connectivity index (χ0v) is 11.7. The number of hydrogen-bond acceptors (Lipinski definition) is 3. The first-order valence-electron chi connectivity index (χ1n) is 6.18. The van der Waals surface area contributed by atoms with Crippen LogP contribution in [0.3, 0.4) is 0 Å². The molecule has 1 aromatic heterocycles. The van der Waals surface area contributed by atoms with Gasteiger partial charge in [-0.05, 0) is 19.1 Å². The third-order valence-electron chi connectivity index (χ3n) is 2.72. The fourth-order valence-corrected chi connectivity index (χ4v) is 1.68. The molecule has 0 saturated carbocycles. The third kappa shape index (κ3) is 4.14. The highest BCUT2D eigenvalue weighted by Gasteiger charge is 2.32. The molecule has 0 unspecified atom stereocenters. The van der Waals surface area contributed by atoms with E-state index in [1.807, 2.05) is 0 Å². The molecule has 0 aliphatic rings. The Kier molecular flexibility index (Phi) is 4.25. The predicted octanol–water partition coefficient (Wildman–Crippen LogP) is 3.27. The summed E-state index contributed by atoms with van der Waals surface area (Å²) in [6.45, 7) is 1.79. The van der Waals surface area contributed by atoms with E-state index in [0.717, 1.165) is 11.8 Å². The van der Waals surface area contributed by atoms with Crippen molar-refractivity contribution in [1.82, 2.24) is 9.78 Å². The van der Waals surface area contributed by atoms with Gasteiger partial charge in [-0.1, -0.05) is 12.1 Å². The number of rotatable bonds is 3. The maximum atomic E-state index is 12.3. The molecule has 9 heteroatoms. The number of nitrogens with one attached hydrogen (secondary N) is 2. The molecule has 0 saturated heterocycles. The highest BCUT2D eigenvalue weighted by Crippen LogP contribution is 2.29. The first-order chi connectivity index (χ1) is 10.2. The minimum Gasteiger partial charge on any atom is -0.404 e. The van der Waals surface area contributed by atoms with Crippen LogP contribution in [0, 0.1) is 6.92 Å². The molecule has 1 heterocycles. The normalized spacial score (nSPS) is 11.1. The van der Waals surface area contributed by atoms with E-state index in [4.69, 9.17) is 0 Å². The van der Waals surface area contributed by atoms with E-state index in [2.05, 4.69) is 20.5 Å². The molecule has 1 aromatic carbocycles. The van der Waals surface area contributed by atoms with Crippen molar-refractivity contribution in [3.8, 4) is 5.75 Å². The number of halogens is 3. The van der Waals surface area contributed by atoms with Gasteiger partial charge in [0.15, 0.2) is 11.6 Å². The van der Waals surface area contributed by atoms with E-state index in [1.165, 1.54) is 18.2 Å². The molecule has 118 valence electrons. The second-order valence-corrected chi connectivity index (χ2v) is 4.42. The van der Waals surface area contributed by atoms with Gasteiger partial charge in [0.25, 0.3) is 0 Å². The number of nitrogens with zero attached hydrogens (tertiary/aromatic N) is 2. The fourth-order valence-electron chi connectivity index (χ4n) is 1.68. The zero-order valence-electron chi connectivity index (χ0n) is 11.7. The molecule has 0 bridgehead atoms. The zero-order chi connectivity index (χ0) is 16.3. The van der Waals surface area contributed by atoms with Crippen LogP contribution in [0.2, 0.25) is 0 Å². The number of aromatic nitrogens is 2. The molecule has 0 fully saturated rings. The number of hydrogen-bond donors (Lipinski definition) is 2. The van der Waals surface area contributed by atoms with Crippen LogP contribution in [0.15, 0.2) is 30.3 Å². The monoisotopic (exact) mass is 314 g/mol. The van der Waals surface area contributed by atoms with Gasteiger partial charge in [0.1, 0.15) is 0 Å². The number of carbonyl (C=O) groups is 1. The van der Waals surface area contributed by atoms with Crippen molar-refractivity contribution in [1.29, 1.82) is 0 Å². The second-order valence-electron chi connectivity index (χ2n) is 4.42. The number of carbonyl (C=O) groups excluding carboxylic acids is 1. The smallest absolute Gasteiger partial charge is 0.404 e. The number of amides is 2. The fraction of sp³-hybridized carbons (Fsp3) is 0.231. The van der Waals surface area contributed by atoms with Crippen LogP contribution in [-0.4, -0.2) is 22.2 Å². The van der Waals surface area contributed by atoms with Gasteiger partial charge in [-0.15, -0.1) is 13.2 Å². The Hall–Kier alpha value is -2.71. The first-order valence-corrected chi connectivity index (χ1v) is 6.18. The summed E-state index contributed by atoms with van der Waals surface area (Å²) in [7, 11) is 1.70. The maximum absolute atomic E-state index is 12.3. The highest BCUT2D eigenvalue weighted by atomic mass is 19.4. The molecule has 2 rings (SSSR count). The lowest BCUT2D eigenvalue weighted by molar-refractivity contribution is -0.274. The van der Waals surface area contributed by atoms with Crippen LogP contribution in [0.4, 0.5) is 29.5 Å². The van der Waals surface area contributed by atoms with Crippen molar-refractivity contribution >= 4 is 17.5 Å². The van der Waals surface area contributed by atoms with Crippen LogP contribution >= 0.6 is 0 Å². The molecule has 0 aliphatic carbocycles. The van der Waals surface area contributed by atoms with Crippen molar-refractivity contribution in [2.75, 3.05) is 10.6 Å². The molecular formula is C13H13F3N4O2. The summed E-state index contributed by atoms with van der Waals surface area (Å²) in [6.07, 6.45) is -4.84. The van der Waals surface area contributed by atoms with E-state index in [0.29, 0.717) is 0 Å². The van der Waals surface area contributed by atoms with Crippen molar-refractivity contribution in [2.24, 2.45) is 7.05 Å². The molecule has 22 heavy (non-hydrogen) atoms. The molecule has 2 N–H and O–H groups in total. The van der Waals surface area contributed by atoms with E-state index in [1.54, 1.807) is 24.7 Å². The molecule has 0 radical (unpaired) electrons. The standard InChI is InChI=1S/C13H13F3N4O2/c1-8-7-11(19-20(8)2)18-12(21)17-9-5-3-4-6-10(9)22-13(14,15)16/h3-7H,1-2H3,(H2,17,18,19,21). The molecule has 2 amide bonds. The van der Waals surface area contributed by atoms with Crippen molar-refractivity contribution < 1.29 is 22.7 Å². The first kappa shape index (κ1) is 15.7. The number of alkyl halides is 3. The Morgan fingerprint density at radius 3 is 2.55 bits per heavy atom. The van der Waals surface area contributed by atoms with Gasteiger partial charge in [0.05, 0.1) is 5.69 Å². The number of ether oxygens (including phenoxy) is 1. The van der Waals surface area contributed by atoms with E-state index < -0.39 is 18.1 Å². The van der Waals surface area contributed by atoms with Gasteiger partial charge in [-0.2, -0.15) is 5.10 Å². The lowest BCUT2D eigenvalue weighted by Gasteiger charge is -2.13. The van der Waals surface area contributed by atoms with Crippen molar-refractivity contribution in [2.45, 2.75) is 13.3 Å². The average Bonchev–Trinajstić information content (AvgIpc) is 2.68. The van der Waals surface area contributed by atoms with Crippen molar-refractivity contribution in [3.05, 3.63) is 36.0 Å². The average molecular weight is 314 g/mol. The SMILES string of the molecule is Cc1cc(NC(=O)Nc2ccccc2OC(F)(F)F)nn1C. The Morgan fingerprint density at radius 2 is 1.95 bits per heavy atom. The Bertz CT molecular complexity index is 663. The second kappa shape index (κ2) is 5.96. The molecule has 0 aliphatic heterocycles. The largest absolute Gasteiger partial charge is 0.573 e. The molecule has 0 spiro atoms. The van der Waals surface area contributed by atoms with E-state index in [-0.39, 0.29) is 11.5 Å². The maximum Gasteiger partial charge on any atom is 0.573 e. The van der Waals surface area contributed by atoms with Gasteiger partial charge < -0.3 is 10.1 Å². The number of urea groups is 1. The van der Waals surface area contributed by atoms with Crippen LogP contribution in [0.1, 0.15) is 5.69 Å². The van der Waals surface area contributed by atoms with Crippen LogP contribution in [0.5, 0.6) is 5.75 Å². The highest BCUT2D eigenvalue weighted by molar-refractivity contribution is 6.00. The summed E-state index contributed by atoms with van der Waals surface area (Å²) in [6, 6.07) is 6.14. The van der Waals surface area contributed by atoms with Gasteiger partial charge in [-0.3, -0.25) is 10.00 Å². The number of para-hydroxylation sites is 2. The summed E-state index contributed by atoms with van der Waals surface area (Å²) in [5, 5.41) is 8.72. The lowest BCUT2D eigenvalue weighted by Crippen LogP contribution is -2.22.